The van der Waals surface area contributed by atoms with Crippen LogP contribution in [0.3, 0.4) is 0 Å². The third-order valence-corrected chi connectivity index (χ3v) is 4.23. The van der Waals surface area contributed by atoms with Crippen LogP contribution < -0.4 is 15.4 Å². The van der Waals surface area contributed by atoms with E-state index in [0.29, 0.717) is 17.9 Å². The molecule has 0 fully saturated rings. The smallest absolute Gasteiger partial charge is 0.338 e. The highest BCUT2D eigenvalue weighted by Gasteiger charge is 2.32. The quantitative estimate of drug-likeness (QED) is 0.768. The second-order valence-electron chi connectivity index (χ2n) is 6.13. The summed E-state index contributed by atoms with van der Waals surface area (Å²) in [6, 6.07) is 15.8. The Morgan fingerprint density at radius 2 is 1.78 bits per heavy atom. The molecule has 3 rings (SSSR count). The maximum Gasteiger partial charge on any atom is 0.338 e. The van der Waals surface area contributed by atoms with Crippen LogP contribution >= 0.6 is 0 Å². The first-order valence-electron chi connectivity index (χ1n) is 8.80. The molecule has 140 valence electrons. The van der Waals surface area contributed by atoms with Crippen molar-refractivity contribution >= 4 is 12.0 Å². The second kappa shape index (κ2) is 8.40. The third kappa shape index (κ3) is 4.47. The fourth-order valence-corrected chi connectivity index (χ4v) is 2.94. The number of benzene rings is 2. The molecule has 0 spiro atoms. The van der Waals surface area contributed by atoms with Crippen molar-refractivity contribution < 1.29 is 19.1 Å². The van der Waals surface area contributed by atoms with Crippen molar-refractivity contribution in [2.45, 2.75) is 26.5 Å². The summed E-state index contributed by atoms with van der Waals surface area (Å²) in [6.45, 7) is 4.34. The van der Waals surface area contributed by atoms with Gasteiger partial charge in [0.1, 0.15) is 12.4 Å². The van der Waals surface area contributed by atoms with Gasteiger partial charge in [-0.3, -0.25) is 0 Å². The number of nitrogens with one attached hydrogen (secondary N) is 2. The number of carbonyl (C=O) groups excluding carboxylic acids is 2. The lowest BCUT2D eigenvalue weighted by Crippen LogP contribution is -2.45. The Morgan fingerprint density at radius 1 is 1.07 bits per heavy atom. The largest absolute Gasteiger partial charge is 0.494 e. The minimum absolute atomic E-state index is 0.167. The summed E-state index contributed by atoms with van der Waals surface area (Å²) < 4.78 is 10.9. The number of hydrogen-bond donors (Lipinski definition) is 2. The number of ether oxygens (including phenoxy) is 2. The maximum absolute atomic E-state index is 12.7. The first kappa shape index (κ1) is 18.5. The van der Waals surface area contributed by atoms with Gasteiger partial charge in [-0.25, -0.2) is 9.59 Å². The molecule has 1 aliphatic rings. The van der Waals surface area contributed by atoms with E-state index in [1.807, 2.05) is 61.5 Å². The molecule has 6 heteroatoms. The van der Waals surface area contributed by atoms with Crippen LogP contribution in [0.2, 0.25) is 0 Å². The fraction of sp³-hybridized carbons (Fsp3) is 0.238. The first-order chi connectivity index (χ1) is 13.1. The third-order valence-electron chi connectivity index (χ3n) is 4.23. The van der Waals surface area contributed by atoms with Crippen LogP contribution in [0.1, 0.15) is 31.0 Å². The molecular formula is C21H22N2O4. The zero-order valence-corrected chi connectivity index (χ0v) is 15.3. The van der Waals surface area contributed by atoms with E-state index in [1.54, 1.807) is 6.92 Å². The van der Waals surface area contributed by atoms with Crippen molar-refractivity contribution in [3.05, 3.63) is 77.0 Å². The van der Waals surface area contributed by atoms with Crippen molar-refractivity contribution in [3.63, 3.8) is 0 Å². The second-order valence-corrected chi connectivity index (χ2v) is 6.13. The van der Waals surface area contributed by atoms with Gasteiger partial charge in [-0.1, -0.05) is 42.5 Å². The molecule has 0 saturated carbocycles. The summed E-state index contributed by atoms with van der Waals surface area (Å²) in [6.07, 6.45) is 0. The van der Waals surface area contributed by atoms with Crippen LogP contribution in [0, 0.1) is 0 Å². The molecule has 2 amide bonds. The van der Waals surface area contributed by atoms with E-state index < -0.39 is 12.0 Å². The lowest BCUT2D eigenvalue weighted by molar-refractivity contribution is -0.140. The monoisotopic (exact) mass is 366 g/mol. The summed E-state index contributed by atoms with van der Waals surface area (Å²) >= 11 is 0. The summed E-state index contributed by atoms with van der Waals surface area (Å²) in [5, 5.41) is 5.44. The van der Waals surface area contributed by atoms with Crippen LogP contribution in [0.5, 0.6) is 5.75 Å². The first-order valence-corrected chi connectivity index (χ1v) is 8.80. The topological polar surface area (TPSA) is 76.7 Å². The van der Waals surface area contributed by atoms with E-state index in [1.165, 1.54) is 0 Å². The number of rotatable bonds is 6. The molecule has 2 aromatic rings. The molecule has 0 saturated heterocycles. The summed E-state index contributed by atoms with van der Waals surface area (Å²) in [5.74, 6) is 0.262. The van der Waals surface area contributed by atoms with Gasteiger partial charge in [0.25, 0.3) is 0 Å². The number of carbonyl (C=O) groups is 2. The van der Waals surface area contributed by atoms with E-state index >= 15 is 0 Å². The maximum atomic E-state index is 12.7. The molecule has 2 N–H and O–H groups in total. The summed E-state index contributed by atoms with van der Waals surface area (Å²) in [5.41, 5.74) is 2.54. The Kier molecular flexibility index (Phi) is 5.76. The number of amides is 2. The standard InChI is InChI=1S/C21H22N2O4/c1-3-26-17-11-9-16(10-12-17)19-18(14(2)22-21(25)23-19)20(24)27-13-15-7-5-4-6-8-15/h4-12,19H,3,13H2,1-2H3,(H2,22,23,25)/t19-/m1/s1. The SMILES string of the molecule is CCOc1ccc([C@H]2NC(=O)NC(C)=C2C(=O)OCc2ccccc2)cc1. The van der Waals surface area contributed by atoms with E-state index in [9.17, 15) is 9.59 Å². The van der Waals surface area contributed by atoms with Crippen LogP contribution in [0.4, 0.5) is 4.79 Å². The van der Waals surface area contributed by atoms with Gasteiger partial charge in [0, 0.05) is 5.70 Å². The van der Waals surface area contributed by atoms with Crippen LogP contribution in [0.15, 0.2) is 65.9 Å². The molecule has 2 aromatic carbocycles. The normalized spacial score (nSPS) is 16.4. The average molecular weight is 366 g/mol. The van der Waals surface area contributed by atoms with Crippen molar-refractivity contribution in [2.75, 3.05) is 6.61 Å². The van der Waals surface area contributed by atoms with Gasteiger partial charge in [0.2, 0.25) is 0 Å². The Hall–Kier alpha value is -3.28. The Labute approximate surface area is 158 Å². The van der Waals surface area contributed by atoms with Gasteiger partial charge in [-0.15, -0.1) is 0 Å². The Morgan fingerprint density at radius 3 is 2.44 bits per heavy atom. The summed E-state index contributed by atoms with van der Waals surface area (Å²) in [4.78, 5) is 24.7. The number of allylic oxidation sites excluding steroid dienone is 1. The van der Waals surface area contributed by atoms with E-state index in [4.69, 9.17) is 9.47 Å². The molecule has 1 heterocycles. The highest BCUT2D eigenvalue weighted by molar-refractivity contribution is 5.95. The molecule has 0 aromatic heterocycles. The van der Waals surface area contributed by atoms with Gasteiger partial charge >= 0.3 is 12.0 Å². The predicted molar refractivity (Wildman–Crippen MR) is 101 cm³/mol. The van der Waals surface area contributed by atoms with Crippen molar-refractivity contribution in [1.82, 2.24) is 10.6 Å². The van der Waals surface area contributed by atoms with Gasteiger partial charge in [-0.05, 0) is 37.1 Å². The molecule has 1 atom stereocenters. The summed E-state index contributed by atoms with van der Waals surface area (Å²) in [7, 11) is 0. The number of urea groups is 1. The highest BCUT2D eigenvalue weighted by atomic mass is 16.5. The van der Waals surface area contributed by atoms with E-state index in [-0.39, 0.29) is 12.6 Å². The van der Waals surface area contributed by atoms with Gasteiger partial charge in [-0.2, -0.15) is 0 Å². The Balaban J connectivity index is 1.81. The lowest BCUT2D eigenvalue weighted by Gasteiger charge is -2.28. The van der Waals surface area contributed by atoms with Crippen LogP contribution in [-0.2, 0) is 16.1 Å². The Bertz CT molecular complexity index is 844. The molecule has 1 aliphatic heterocycles. The molecule has 27 heavy (non-hydrogen) atoms. The predicted octanol–water partition coefficient (Wildman–Crippen LogP) is 3.46. The fourth-order valence-electron chi connectivity index (χ4n) is 2.94. The molecule has 0 unspecified atom stereocenters. The van der Waals surface area contributed by atoms with Gasteiger partial charge in [0.15, 0.2) is 0 Å². The van der Waals surface area contributed by atoms with Crippen molar-refractivity contribution in [2.24, 2.45) is 0 Å². The number of esters is 1. The number of hydrogen-bond acceptors (Lipinski definition) is 4. The molecular weight excluding hydrogens is 344 g/mol. The van der Waals surface area contributed by atoms with Gasteiger partial charge in [0.05, 0.1) is 18.2 Å². The zero-order chi connectivity index (χ0) is 19.2. The van der Waals surface area contributed by atoms with Gasteiger partial charge < -0.3 is 20.1 Å². The average Bonchev–Trinajstić information content (AvgIpc) is 2.67. The molecule has 0 aliphatic carbocycles. The zero-order valence-electron chi connectivity index (χ0n) is 15.3. The molecule has 0 bridgehead atoms. The van der Waals surface area contributed by atoms with Crippen LogP contribution in [-0.4, -0.2) is 18.6 Å². The molecule has 0 radical (unpaired) electrons. The van der Waals surface area contributed by atoms with Crippen LogP contribution in [0.25, 0.3) is 0 Å². The van der Waals surface area contributed by atoms with E-state index in [2.05, 4.69) is 10.6 Å². The van der Waals surface area contributed by atoms with Crippen molar-refractivity contribution in [3.8, 4) is 5.75 Å². The minimum Gasteiger partial charge on any atom is -0.494 e. The van der Waals surface area contributed by atoms with E-state index in [0.717, 1.165) is 16.9 Å². The van der Waals surface area contributed by atoms with Crippen molar-refractivity contribution in [1.29, 1.82) is 0 Å². The highest BCUT2D eigenvalue weighted by Crippen LogP contribution is 2.29. The lowest BCUT2D eigenvalue weighted by atomic mass is 9.95. The minimum atomic E-state index is -0.585. The molecule has 6 nitrogen and oxygen atoms in total.